The summed E-state index contributed by atoms with van der Waals surface area (Å²) in [4.78, 5) is 13.9. The fraction of sp³-hybridized carbons (Fsp3) is 0.450. The Hall–Kier alpha value is -3.03. The van der Waals surface area contributed by atoms with Crippen LogP contribution in [0.5, 0.6) is 0 Å². The molecule has 2 heterocycles. The van der Waals surface area contributed by atoms with Crippen molar-refractivity contribution < 1.29 is 4.79 Å². The lowest BCUT2D eigenvalue weighted by Crippen LogP contribution is -2.38. The van der Waals surface area contributed by atoms with Crippen LogP contribution in [0.25, 0.3) is 11.4 Å². The maximum absolute atomic E-state index is 12.2. The normalized spacial score (nSPS) is 19.5. The summed E-state index contributed by atoms with van der Waals surface area (Å²) < 4.78 is 1.81. The van der Waals surface area contributed by atoms with Gasteiger partial charge in [-0.3, -0.25) is 9.48 Å². The van der Waals surface area contributed by atoms with Gasteiger partial charge in [0, 0.05) is 30.8 Å². The molecule has 0 saturated heterocycles. The highest BCUT2D eigenvalue weighted by Gasteiger charge is 2.25. The van der Waals surface area contributed by atoms with E-state index >= 15 is 0 Å². The minimum atomic E-state index is 0.0850. The molecular weight excluding hydrogens is 354 g/mol. The number of hydrogen-bond acceptors (Lipinski definition) is 5. The Bertz CT molecular complexity index is 910. The second kappa shape index (κ2) is 8.33. The van der Waals surface area contributed by atoms with Crippen LogP contribution in [0, 0.1) is 6.92 Å². The van der Waals surface area contributed by atoms with Crippen LogP contribution in [0.4, 0.5) is 0 Å². The highest BCUT2D eigenvalue weighted by molar-refractivity contribution is 5.76. The smallest absolute Gasteiger partial charge is 0.222 e. The van der Waals surface area contributed by atoms with Crippen LogP contribution < -0.4 is 5.32 Å². The lowest BCUT2D eigenvalue weighted by Gasteiger charge is -2.28. The van der Waals surface area contributed by atoms with Crippen molar-refractivity contribution >= 4 is 5.91 Å². The first-order valence-corrected chi connectivity index (χ1v) is 9.82. The zero-order valence-corrected chi connectivity index (χ0v) is 16.0. The maximum atomic E-state index is 12.2. The van der Waals surface area contributed by atoms with Gasteiger partial charge in [0.1, 0.15) is 0 Å². The molecule has 8 heteroatoms. The molecule has 0 spiro atoms. The molecule has 1 aromatic carbocycles. The van der Waals surface area contributed by atoms with Crippen LogP contribution in [-0.4, -0.2) is 41.9 Å². The molecule has 0 unspecified atom stereocenters. The van der Waals surface area contributed by atoms with Gasteiger partial charge in [-0.25, -0.2) is 0 Å². The van der Waals surface area contributed by atoms with Gasteiger partial charge in [0.2, 0.25) is 11.7 Å². The van der Waals surface area contributed by atoms with Crippen LogP contribution in [0.2, 0.25) is 0 Å². The highest BCUT2D eigenvalue weighted by Crippen LogP contribution is 2.28. The lowest BCUT2D eigenvalue weighted by molar-refractivity contribution is -0.122. The fourth-order valence-corrected chi connectivity index (χ4v) is 3.64. The zero-order chi connectivity index (χ0) is 19.3. The second-order valence-corrected chi connectivity index (χ2v) is 7.34. The van der Waals surface area contributed by atoms with E-state index in [9.17, 15) is 4.79 Å². The fourth-order valence-electron chi connectivity index (χ4n) is 3.64. The molecule has 28 heavy (non-hydrogen) atoms. The minimum Gasteiger partial charge on any atom is -0.353 e. The molecule has 146 valence electrons. The number of nitrogens with one attached hydrogen (secondary N) is 1. The monoisotopic (exact) mass is 379 g/mol. The Labute approximate surface area is 163 Å². The van der Waals surface area contributed by atoms with Crippen LogP contribution in [0.1, 0.15) is 43.8 Å². The number of carbonyl (C=O) groups excluding carboxylic acids is 1. The summed E-state index contributed by atoms with van der Waals surface area (Å²) in [6.07, 6.45) is 6.09. The predicted octanol–water partition coefficient (Wildman–Crippen LogP) is 2.54. The summed E-state index contributed by atoms with van der Waals surface area (Å²) in [5, 5.41) is 20.5. The number of rotatable bonds is 6. The van der Waals surface area contributed by atoms with E-state index < -0.39 is 0 Å². The zero-order valence-electron chi connectivity index (χ0n) is 16.0. The Morgan fingerprint density at radius 2 is 1.89 bits per heavy atom. The molecule has 0 aliphatic heterocycles. The van der Waals surface area contributed by atoms with Crippen LogP contribution in [0.3, 0.4) is 0 Å². The molecule has 1 saturated carbocycles. The first-order valence-electron chi connectivity index (χ1n) is 9.82. The molecule has 0 radical (unpaired) electrons. The summed E-state index contributed by atoms with van der Waals surface area (Å²) in [5.41, 5.74) is 1.94. The SMILES string of the molecule is Cc1ccn(CCC(=O)NC2CCC(n3nnc(-c4ccccc4)n3)CC2)n1. The molecule has 1 aliphatic carbocycles. The van der Waals surface area contributed by atoms with E-state index in [0.29, 0.717) is 18.8 Å². The quantitative estimate of drug-likeness (QED) is 0.711. The number of aryl methyl sites for hydroxylation is 2. The summed E-state index contributed by atoms with van der Waals surface area (Å²) in [6, 6.07) is 12.3. The minimum absolute atomic E-state index is 0.0850. The van der Waals surface area contributed by atoms with Gasteiger partial charge >= 0.3 is 0 Å². The topological polar surface area (TPSA) is 90.5 Å². The van der Waals surface area contributed by atoms with Gasteiger partial charge in [-0.05, 0) is 43.9 Å². The van der Waals surface area contributed by atoms with E-state index in [2.05, 4.69) is 25.8 Å². The van der Waals surface area contributed by atoms with Gasteiger partial charge in [-0.2, -0.15) is 9.90 Å². The molecule has 1 amide bonds. The molecule has 8 nitrogen and oxygen atoms in total. The van der Waals surface area contributed by atoms with Gasteiger partial charge in [0.25, 0.3) is 0 Å². The number of benzene rings is 1. The first-order chi connectivity index (χ1) is 13.7. The highest BCUT2D eigenvalue weighted by atomic mass is 16.1. The molecule has 0 atom stereocenters. The Morgan fingerprint density at radius 1 is 1.11 bits per heavy atom. The molecule has 1 N–H and O–H groups in total. The number of carbonyl (C=O) groups is 1. The summed E-state index contributed by atoms with van der Waals surface area (Å²) in [6.45, 7) is 2.56. The number of amides is 1. The van der Waals surface area contributed by atoms with Crippen molar-refractivity contribution in [1.29, 1.82) is 0 Å². The number of aromatic nitrogens is 6. The van der Waals surface area contributed by atoms with Gasteiger partial charge in [-0.15, -0.1) is 10.2 Å². The predicted molar refractivity (Wildman–Crippen MR) is 104 cm³/mol. The van der Waals surface area contributed by atoms with E-state index in [1.807, 2.05) is 54.2 Å². The third-order valence-electron chi connectivity index (χ3n) is 5.19. The number of tetrazole rings is 1. The van der Waals surface area contributed by atoms with Crippen LogP contribution >= 0.6 is 0 Å². The summed E-state index contributed by atoms with van der Waals surface area (Å²) in [5.74, 6) is 0.742. The maximum Gasteiger partial charge on any atom is 0.222 e. The average molecular weight is 379 g/mol. The van der Waals surface area contributed by atoms with E-state index in [-0.39, 0.29) is 18.0 Å². The molecule has 1 fully saturated rings. The van der Waals surface area contributed by atoms with Gasteiger partial charge < -0.3 is 5.32 Å². The average Bonchev–Trinajstić information content (AvgIpc) is 3.37. The second-order valence-electron chi connectivity index (χ2n) is 7.34. The van der Waals surface area contributed by atoms with E-state index in [0.717, 1.165) is 36.9 Å². The molecule has 0 bridgehead atoms. The molecular formula is C20H25N7O. The van der Waals surface area contributed by atoms with Crippen molar-refractivity contribution in [3.63, 3.8) is 0 Å². The van der Waals surface area contributed by atoms with Crippen LogP contribution in [0.15, 0.2) is 42.6 Å². The summed E-state index contributed by atoms with van der Waals surface area (Å²) >= 11 is 0. The molecule has 1 aliphatic rings. The van der Waals surface area contributed by atoms with Crippen molar-refractivity contribution in [2.24, 2.45) is 0 Å². The van der Waals surface area contributed by atoms with Crippen molar-refractivity contribution in [2.45, 2.75) is 57.7 Å². The van der Waals surface area contributed by atoms with Gasteiger partial charge in [-0.1, -0.05) is 30.3 Å². The third kappa shape index (κ3) is 4.44. The lowest BCUT2D eigenvalue weighted by atomic mass is 9.91. The van der Waals surface area contributed by atoms with Gasteiger partial charge in [0.15, 0.2) is 0 Å². The summed E-state index contributed by atoms with van der Waals surface area (Å²) in [7, 11) is 0. The molecule has 2 aromatic heterocycles. The number of nitrogens with zero attached hydrogens (tertiary/aromatic N) is 6. The Morgan fingerprint density at radius 3 is 2.61 bits per heavy atom. The largest absolute Gasteiger partial charge is 0.353 e. The Kier molecular flexibility index (Phi) is 5.45. The van der Waals surface area contributed by atoms with Crippen molar-refractivity contribution in [3.8, 4) is 11.4 Å². The van der Waals surface area contributed by atoms with Crippen LogP contribution in [-0.2, 0) is 11.3 Å². The van der Waals surface area contributed by atoms with E-state index in [4.69, 9.17) is 0 Å². The molecule has 3 aromatic rings. The Balaban J connectivity index is 1.24. The van der Waals surface area contributed by atoms with Gasteiger partial charge in [0.05, 0.1) is 11.7 Å². The van der Waals surface area contributed by atoms with Crippen molar-refractivity contribution in [2.75, 3.05) is 0 Å². The molecule has 4 rings (SSSR count). The third-order valence-corrected chi connectivity index (χ3v) is 5.19. The number of hydrogen-bond donors (Lipinski definition) is 1. The first kappa shape index (κ1) is 18.3. The van der Waals surface area contributed by atoms with Crippen molar-refractivity contribution in [3.05, 3.63) is 48.3 Å². The van der Waals surface area contributed by atoms with E-state index in [1.165, 1.54) is 0 Å². The van der Waals surface area contributed by atoms with E-state index in [1.54, 1.807) is 4.80 Å². The van der Waals surface area contributed by atoms with Crippen molar-refractivity contribution in [1.82, 2.24) is 35.3 Å². The standard InChI is InChI=1S/C20H25N7O/c1-15-11-13-26(23-15)14-12-19(28)21-17-7-9-18(10-8-17)27-24-20(22-25-27)16-5-3-2-4-6-16/h2-6,11,13,17-18H,7-10,12,14H2,1H3,(H,21,28).